The van der Waals surface area contributed by atoms with Crippen LogP contribution < -0.4 is 5.32 Å². The van der Waals surface area contributed by atoms with E-state index in [9.17, 15) is 9.59 Å². The molecule has 5 nitrogen and oxygen atoms in total. The maximum Gasteiger partial charge on any atom is 0.407 e. The molecule has 2 saturated carbocycles. The zero-order valence-corrected chi connectivity index (χ0v) is 11.8. The van der Waals surface area contributed by atoms with Crippen molar-refractivity contribution in [3.8, 4) is 0 Å². The fourth-order valence-electron chi connectivity index (χ4n) is 3.43. The molecule has 0 aromatic carbocycles. The maximum absolute atomic E-state index is 11.9. The van der Waals surface area contributed by atoms with E-state index in [1.165, 1.54) is 7.11 Å². The van der Waals surface area contributed by atoms with Gasteiger partial charge in [-0.3, -0.25) is 4.79 Å². The Hall–Kier alpha value is -1.26. The summed E-state index contributed by atoms with van der Waals surface area (Å²) in [6.45, 7) is 2.51. The predicted molar refractivity (Wildman–Crippen MR) is 69.7 cm³/mol. The highest BCUT2D eigenvalue weighted by molar-refractivity contribution is 5.79. The normalized spacial score (nSPS) is 32.1. The Morgan fingerprint density at radius 1 is 1.21 bits per heavy atom. The molecule has 2 aliphatic carbocycles. The number of hydrogen-bond acceptors (Lipinski definition) is 4. The van der Waals surface area contributed by atoms with Crippen molar-refractivity contribution in [3.05, 3.63) is 0 Å². The molecule has 2 rings (SSSR count). The number of ether oxygens (including phenoxy) is 2. The topological polar surface area (TPSA) is 64.6 Å². The number of nitrogens with one attached hydrogen (secondary N) is 1. The molecule has 2 aliphatic rings. The van der Waals surface area contributed by atoms with E-state index in [0.717, 1.165) is 38.5 Å². The second-order valence-corrected chi connectivity index (χ2v) is 5.84. The number of amides is 1. The lowest BCUT2D eigenvalue weighted by atomic mass is 9.84. The smallest absolute Gasteiger partial charge is 0.407 e. The molecule has 1 amide bonds. The van der Waals surface area contributed by atoms with Gasteiger partial charge in [0.1, 0.15) is 0 Å². The lowest BCUT2D eigenvalue weighted by molar-refractivity contribution is -0.152. The van der Waals surface area contributed by atoms with Gasteiger partial charge in [-0.15, -0.1) is 0 Å². The SMILES string of the molecule is CCCCOC(=O)NC12CCC(C(=O)OC)(CC1)C2. The molecule has 108 valence electrons. The highest BCUT2D eigenvalue weighted by Gasteiger charge is 2.59. The monoisotopic (exact) mass is 269 g/mol. The highest BCUT2D eigenvalue weighted by atomic mass is 16.5. The molecule has 5 heteroatoms. The van der Waals surface area contributed by atoms with Gasteiger partial charge in [-0.1, -0.05) is 13.3 Å². The van der Waals surface area contributed by atoms with Crippen LogP contribution in [0.25, 0.3) is 0 Å². The zero-order valence-electron chi connectivity index (χ0n) is 11.8. The molecule has 19 heavy (non-hydrogen) atoms. The summed E-state index contributed by atoms with van der Waals surface area (Å²) in [6.07, 6.45) is 5.50. The van der Waals surface area contributed by atoms with Crippen molar-refractivity contribution in [2.75, 3.05) is 13.7 Å². The number of fused-ring (bicyclic) bond motifs is 2. The number of methoxy groups -OCH3 is 1. The van der Waals surface area contributed by atoms with E-state index in [-0.39, 0.29) is 23.0 Å². The Kier molecular flexibility index (Phi) is 4.02. The summed E-state index contributed by atoms with van der Waals surface area (Å²) in [4.78, 5) is 23.6. The third-order valence-electron chi connectivity index (χ3n) is 4.56. The van der Waals surface area contributed by atoms with Crippen molar-refractivity contribution in [2.24, 2.45) is 5.41 Å². The standard InChI is InChI=1S/C14H23NO4/c1-3-4-9-19-12(17)15-14-7-5-13(10-14,6-8-14)11(16)18-2/h3-10H2,1-2H3,(H,15,17). The Balaban J connectivity index is 1.89. The largest absolute Gasteiger partial charge is 0.469 e. The van der Waals surface area contributed by atoms with Crippen LogP contribution in [0, 0.1) is 5.41 Å². The summed E-state index contributed by atoms with van der Waals surface area (Å²) >= 11 is 0. The summed E-state index contributed by atoms with van der Waals surface area (Å²) < 4.78 is 10.0. The second kappa shape index (κ2) is 5.39. The first-order valence-electron chi connectivity index (χ1n) is 7.09. The molecule has 0 radical (unpaired) electrons. The van der Waals surface area contributed by atoms with Crippen LogP contribution >= 0.6 is 0 Å². The first kappa shape index (κ1) is 14.2. The van der Waals surface area contributed by atoms with E-state index < -0.39 is 0 Å². The third kappa shape index (κ3) is 2.69. The number of rotatable bonds is 5. The minimum absolute atomic E-state index is 0.131. The molecule has 0 aromatic rings. The zero-order chi connectivity index (χ0) is 13.9. The van der Waals surface area contributed by atoms with E-state index in [0.29, 0.717) is 13.0 Å². The van der Waals surface area contributed by atoms with Crippen LogP contribution in [0.3, 0.4) is 0 Å². The number of alkyl carbamates (subject to hydrolysis) is 1. The summed E-state index contributed by atoms with van der Waals surface area (Å²) in [7, 11) is 1.43. The Morgan fingerprint density at radius 3 is 2.47 bits per heavy atom. The van der Waals surface area contributed by atoms with Gasteiger partial charge in [0.15, 0.2) is 0 Å². The van der Waals surface area contributed by atoms with Gasteiger partial charge >= 0.3 is 12.1 Å². The highest BCUT2D eigenvalue weighted by Crippen LogP contribution is 2.57. The maximum atomic E-state index is 11.9. The van der Waals surface area contributed by atoms with Gasteiger partial charge in [0, 0.05) is 5.54 Å². The summed E-state index contributed by atoms with van der Waals surface area (Å²) in [6, 6.07) is 0. The van der Waals surface area contributed by atoms with Crippen molar-refractivity contribution in [1.82, 2.24) is 5.32 Å². The van der Waals surface area contributed by atoms with Crippen LogP contribution in [-0.2, 0) is 14.3 Å². The number of unbranched alkanes of at least 4 members (excludes halogenated alkanes) is 1. The van der Waals surface area contributed by atoms with Crippen molar-refractivity contribution < 1.29 is 19.1 Å². The lowest BCUT2D eigenvalue weighted by Crippen LogP contribution is -2.45. The quantitative estimate of drug-likeness (QED) is 0.615. The van der Waals surface area contributed by atoms with Gasteiger partial charge in [-0.2, -0.15) is 0 Å². The average molecular weight is 269 g/mol. The second-order valence-electron chi connectivity index (χ2n) is 5.84. The van der Waals surface area contributed by atoms with Gasteiger partial charge in [0.25, 0.3) is 0 Å². The molecule has 0 unspecified atom stereocenters. The fraction of sp³-hybridized carbons (Fsp3) is 0.857. The van der Waals surface area contributed by atoms with Crippen LogP contribution in [0.4, 0.5) is 4.79 Å². The van der Waals surface area contributed by atoms with E-state index in [2.05, 4.69) is 12.2 Å². The van der Waals surface area contributed by atoms with Crippen LogP contribution in [0.2, 0.25) is 0 Å². The van der Waals surface area contributed by atoms with E-state index in [1.807, 2.05) is 0 Å². The van der Waals surface area contributed by atoms with Crippen molar-refractivity contribution in [1.29, 1.82) is 0 Å². The fourth-order valence-corrected chi connectivity index (χ4v) is 3.43. The molecule has 0 atom stereocenters. The average Bonchev–Trinajstić information content (AvgIpc) is 2.94. The van der Waals surface area contributed by atoms with Gasteiger partial charge in [0.2, 0.25) is 0 Å². The molecule has 0 spiro atoms. The number of hydrogen-bond donors (Lipinski definition) is 1. The third-order valence-corrected chi connectivity index (χ3v) is 4.56. The lowest BCUT2D eigenvalue weighted by Gasteiger charge is -2.27. The molecular formula is C14H23NO4. The molecule has 0 aromatic heterocycles. The Labute approximate surface area is 114 Å². The number of esters is 1. The number of carbonyl (C=O) groups excluding carboxylic acids is 2. The van der Waals surface area contributed by atoms with E-state index in [1.54, 1.807) is 0 Å². The van der Waals surface area contributed by atoms with Crippen LogP contribution in [0.5, 0.6) is 0 Å². The first-order valence-corrected chi connectivity index (χ1v) is 7.09. The minimum Gasteiger partial charge on any atom is -0.469 e. The summed E-state index contributed by atoms with van der Waals surface area (Å²) in [5.41, 5.74) is -0.622. The van der Waals surface area contributed by atoms with E-state index in [4.69, 9.17) is 9.47 Å². The van der Waals surface area contributed by atoms with Crippen LogP contribution in [-0.4, -0.2) is 31.3 Å². The molecular weight excluding hydrogens is 246 g/mol. The van der Waals surface area contributed by atoms with Gasteiger partial charge in [-0.25, -0.2) is 4.79 Å². The molecule has 1 N–H and O–H groups in total. The Morgan fingerprint density at radius 2 is 1.89 bits per heavy atom. The van der Waals surface area contributed by atoms with Gasteiger partial charge in [0.05, 0.1) is 19.1 Å². The molecule has 2 fully saturated rings. The van der Waals surface area contributed by atoms with Crippen LogP contribution in [0.15, 0.2) is 0 Å². The molecule has 0 heterocycles. The number of carbonyl (C=O) groups is 2. The van der Waals surface area contributed by atoms with E-state index >= 15 is 0 Å². The van der Waals surface area contributed by atoms with Crippen molar-refractivity contribution in [3.63, 3.8) is 0 Å². The minimum atomic E-state index is -0.370. The molecule has 2 bridgehead atoms. The summed E-state index contributed by atoms with van der Waals surface area (Å²) in [5.74, 6) is -0.131. The van der Waals surface area contributed by atoms with Gasteiger partial charge < -0.3 is 14.8 Å². The van der Waals surface area contributed by atoms with Crippen molar-refractivity contribution in [2.45, 2.75) is 57.4 Å². The molecule has 0 aliphatic heterocycles. The predicted octanol–water partition coefficient (Wildman–Crippen LogP) is 2.39. The van der Waals surface area contributed by atoms with Crippen molar-refractivity contribution >= 4 is 12.1 Å². The van der Waals surface area contributed by atoms with Crippen LogP contribution in [0.1, 0.15) is 51.9 Å². The Bertz CT molecular complexity index is 358. The first-order chi connectivity index (χ1) is 9.06. The van der Waals surface area contributed by atoms with Gasteiger partial charge in [-0.05, 0) is 38.5 Å². The molecule has 0 saturated heterocycles. The summed E-state index contributed by atoms with van der Waals surface area (Å²) in [5, 5.41) is 2.98.